The van der Waals surface area contributed by atoms with Crippen LogP contribution >= 0.6 is 0 Å². The second kappa shape index (κ2) is 3.10. The molecule has 2 rings (SSSR count). The Hall–Kier alpha value is -1.34. The molecule has 1 aromatic heterocycles. The molecule has 74 valence electrons. The maximum atomic E-state index is 10.0. The summed E-state index contributed by atoms with van der Waals surface area (Å²) in [6.45, 7) is 0. The molecule has 0 bridgehead atoms. The van der Waals surface area contributed by atoms with Crippen molar-refractivity contribution in [1.29, 1.82) is 5.26 Å². The number of hydrogen-bond donors (Lipinski definition) is 1. The first kappa shape index (κ1) is 9.22. The zero-order valence-electron chi connectivity index (χ0n) is 8.14. The summed E-state index contributed by atoms with van der Waals surface area (Å²) in [7, 11) is 1.80. The summed E-state index contributed by atoms with van der Waals surface area (Å²) in [4.78, 5) is 0. The van der Waals surface area contributed by atoms with E-state index in [2.05, 4.69) is 11.2 Å². The molecule has 0 aromatic carbocycles. The van der Waals surface area contributed by atoms with Crippen LogP contribution in [0.15, 0.2) is 12.3 Å². The Kier molecular flexibility index (Phi) is 2.05. The molecule has 4 nitrogen and oxygen atoms in total. The van der Waals surface area contributed by atoms with Crippen LogP contribution in [0.25, 0.3) is 0 Å². The van der Waals surface area contributed by atoms with Gasteiger partial charge >= 0.3 is 0 Å². The predicted molar refractivity (Wildman–Crippen MR) is 50.1 cm³/mol. The Morgan fingerprint density at radius 1 is 1.71 bits per heavy atom. The highest BCUT2D eigenvalue weighted by molar-refractivity contribution is 5.17. The van der Waals surface area contributed by atoms with E-state index in [1.54, 1.807) is 24.0 Å². The molecule has 14 heavy (non-hydrogen) atoms. The first-order valence-corrected chi connectivity index (χ1v) is 4.77. The highest BCUT2D eigenvalue weighted by atomic mass is 16.3. The molecule has 0 saturated heterocycles. The van der Waals surface area contributed by atoms with Gasteiger partial charge in [0.2, 0.25) is 0 Å². The first-order valence-electron chi connectivity index (χ1n) is 4.77. The monoisotopic (exact) mass is 191 g/mol. The van der Waals surface area contributed by atoms with Crippen LogP contribution < -0.4 is 0 Å². The third-order valence-electron chi connectivity index (χ3n) is 3.01. The Labute approximate surface area is 82.8 Å². The van der Waals surface area contributed by atoms with Crippen LogP contribution in [0.3, 0.4) is 0 Å². The van der Waals surface area contributed by atoms with Gasteiger partial charge in [0.15, 0.2) is 0 Å². The van der Waals surface area contributed by atoms with Gasteiger partial charge in [-0.1, -0.05) is 6.42 Å². The Morgan fingerprint density at radius 3 is 2.79 bits per heavy atom. The molecule has 1 saturated carbocycles. The fourth-order valence-electron chi connectivity index (χ4n) is 1.87. The van der Waals surface area contributed by atoms with Crippen LogP contribution in [0, 0.1) is 16.7 Å². The van der Waals surface area contributed by atoms with Gasteiger partial charge in [0.25, 0.3) is 0 Å². The quantitative estimate of drug-likeness (QED) is 0.762. The van der Waals surface area contributed by atoms with Crippen molar-refractivity contribution >= 4 is 0 Å². The van der Waals surface area contributed by atoms with Crippen LogP contribution in [-0.4, -0.2) is 14.9 Å². The summed E-state index contributed by atoms with van der Waals surface area (Å²) in [5.74, 6) is 0. The zero-order valence-corrected chi connectivity index (χ0v) is 8.14. The number of rotatable bonds is 2. The predicted octanol–water partition coefficient (Wildman–Crippen LogP) is 1.15. The molecule has 1 fully saturated rings. The van der Waals surface area contributed by atoms with Gasteiger partial charge in [-0.15, -0.1) is 0 Å². The fraction of sp³-hybridized carbons (Fsp3) is 0.600. The van der Waals surface area contributed by atoms with Gasteiger partial charge in [-0.05, 0) is 18.9 Å². The molecule has 1 unspecified atom stereocenters. The Morgan fingerprint density at radius 2 is 2.43 bits per heavy atom. The van der Waals surface area contributed by atoms with Gasteiger partial charge in [-0.25, -0.2) is 0 Å². The van der Waals surface area contributed by atoms with Crippen LogP contribution in [-0.2, 0) is 7.05 Å². The van der Waals surface area contributed by atoms with Crippen molar-refractivity contribution in [1.82, 2.24) is 9.78 Å². The number of hydrogen-bond acceptors (Lipinski definition) is 3. The highest BCUT2D eigenvalue weighted by Gasteiger charge is 2.45. The van der Waals surface area contributed by atoms with Crippen LogP contribution in [0.2, 0.25) is 0 Å². The number of aliphatic hydroxyl groups is 1. The Bertz CT molecular complexity index is 373. The van der Waals surface area contributed by atoms with E-state index >= 15 is 0 Å². The minimum absolute atomic E-state index is 0.575. The lowest BCUT2D eigenvalue weighted by Crippen LogP contribution is -2.34. The summed E-state index contributed by atoms with van der Waals surface area (Å²) in [5, 5.41) is 23.2. The molecule has 0 radical (unpaired) electrons. The Balaban J connectivity index is 2.23. The fourth-order valence-corrected chi connectivity index (χ4v) is 1.87. The van der Waals surface area contributed by atoms with Crippen molar-refractivity contribution in [2.75, 3.05) is 0 Å². The standard InChI is InChI=1S/C10H13N3O/c1-13-6-3-8(12-13)9(14)10(7-11)4-2-5-10/h3,6,9,14H,2,4-5H2,1H3. The lowest BCUT2D eigenvalue weighted by molar-refractivity contribution is 0.00471. The van der Waals surface area contributed by atoms with Gasteiger partial charge in [-0.2, -0.15) is 10.4 Å². The normalized spacial score (nSPS) is 20.9. The molecule has 1 aliphatic carbocycles. The number of aryl methyl sites for hydroxylation is 1. The van der Waals surface area contributed by atoms with Crippen molar-refractivity contribution in [2.24, 2.45) is 12.5 Å². The summed E-state index contributed by atoms with van der Waals surface area (Å²) in [6.07, 6.45) is 3.63. The molecule has 1 aromatic rings. The van der Waals surface area contributed by atoms with Gasteiger partial charge < -0.3 is 5.11 Å². The van der Waals surface area contributed by atoms with Crippen LogP contribution in [0.4, 0.5) is 0 Å². The smallest absolute Gasteiger partial charge is 0.116 e. The first-order chi connectivity index (χ1) is 6.68. The molecule has 0 amide bonds. The van der Waals surface area contributed by atoms with E-state index in [0.29, 0.717) is 5.69 Å². The molecule has 0 aliphatic heterocycles. The molecule has 4 heteroatoms. The lowest BCUT2D eigenvalue weighted by Gasteiger charge is -2.38. The number of aliphatic hydroxyl groups excluding tert-OH is 1. The maximum Gasteiger partial charge on any atom is 0.116 e. The minimum Gasteiger partial charge on any atom is -0.385 e. The van der Waals surface area contributed by atoms with E-state index in [0.717, 1.165) is 19.3 Å². The third kappa shape index (κ3) is 1.21. The molecule has 1 atom stereocenters. The topological polar surface area (TPSA) is 61.8 Å². The van der Waals surface area contributed by atoms with E-state index in [1.807, 2.05) is 0 Å². The van der Waals surface area contributed by atoms with Crippen molar-refractivity contribution < 1.29 is 5.11 Å². The molecular formula is C10H13N3O. The van der Waals surface area contributed by atoms with Gasteiger partial charge in [0.05, 0.1) is 17.2 Å². The maximum absolute atomic E-state index is 10.0. The lowest BCUT2D eigenvalue weighted by atomic mass is 9.65. The molecule has 1 aliphatic rings. The summed E-state index contributed by atoms with van der Waals surface area (Å²) >= 11 is 0. The summed E-state index contributed by atoms with van der Waals surface area (Å²) < 4.78 is 1.64. The van der Waals surface area contributed by atoms with Gasteiger partial charge in [-0.3, -0.25) is 4.68 Å². The molecule has 1 N–H and O–H groups in total. The highest BCUT2D eigenvalue weighted by Crippen LogP contribution is 2.49. The average molecular weight is 191 g/mol. The largest absolute Gasteiger partial charge is 0.385 e. The second-order valence-corrected chi connectivity index (χ2v) is 3.94. The molecule has 0 spiro atoms. The average Bonchev–Trinajstić information content (AvgIpc) is 2.50. The molecule has 1 heterocycles. The zero-order chi connectivity index (χ0) is 10.2. The third-order valence-corrected chi connectivity index (χ3v) is 3.01. The van der Waals surface area contributed by atoms with Crippen LogP contribution in [0.5, 0.6) is 0 Å². The second-order valence-electron chi connectivity index (χ2n) is 3.94. The van der Waals surface area contributed by atoms with Crippen molar-refractivity contribution in [3.05, 3.63) is 18.0 Å². The van der Waals surface area contributed by atoms with E-state index in [-0.39, 0.29) is 0 Å². The SMILES string of the molecule is Cn1ccc(C(O)C2(C#N)CCC2)n1. The van der Waals surface area contributed by atoms with Crippen LogP contribution in [0.1, 0.15) is 31.1 Å². The minimum atomic E-state index is -0.734. The van der Waals surface area contributed by atoms with Gasteiger partial charge in [0, 0.05) is 13.2 Å². The van der Waals surface area contributed by atoms with E-state index in [9.17, 15) is 5.11 Å². The number of nitrogens with zero attached hydrogens (tertiary/aromatic N) is 3. The number of nitriles is 1. The molecular weight excluding hydrogens is 178 g/mol. The summed E-state index contributed by atoms with van der Waals surface area (Å²) in [5.41, 5.74) is 0.0303. The van der Waals surface area contributed by atoms with Crippen molar-refractivity contribution in [3.8, 4) is 6.07 Å². The summed E-state index contributed by atoms with van der Waals surface area (Å²) in [6, 6.07) is 3.99. The van der Waals surface area contributed by atoms with E-state index < -0.39 is 11.5 Å². The van der Waals surface area contributed by atoms with Crippen molar-refractivity contribution in [3.63, 3.8) is 0 Å². The van der Waals surface area contributed by atoms with E-state index in [1.165, 1.54) is 0 Å². The van der Waals surface area contributed by atoms with Gasteiger partial charge in [0.1, 0.15) is 6.10 Å². The van der Waals surface area contributed by atoms with Crippen molar-refractivity contribution in [2.45, 2.75) is 25.4 Å². The number of aromatic nitrogens is 2. The van der Waals surface area contributed by atoms with E-state index in [4.69, 9.17) is 5.26 Å².